The molecule has 1 amide bonds. The monoisotopic (exact) mass is 431 g/mol. The molecule has 0 N–H and O–H groups in total. The molecule has 2 aromatic carbocycles. The highest BCUT2D eigenvalue weighted by molar-refractivity contribution is 7.93. The second-order valence-corrected chi connectivity index (χ2v) is 9.48. The van der Waals surface area contributed by atoms with Crippen LogP contribution in [0.4, 0.5) is 5.69 Å². The van der Waals surface area contributed by atoms with Crippen LogP contribution < -0.4 is 4.31 Å². The van der Waals surface area contributed by atoms with Gasteiger partial charge in [-0.15, -0.1) is 0 Å². The SMILES string of the molecule is CCCC(=O)N(c1ccc2oc3c(c2c1)CCCC3)S(=O)(=O)c1ccc(Cl)cc1. The van der Waals surface area contributed by atoms with Gasteiger partial charge in [-0.2, -0.15) is 0 Å². The third-order valence-corrected chi connectivity index (χ3v) is 7.23. The van der Waals surface area contributed by atoms with Crippen LogP contribution in [0.25, 0.3) is 11.0 Å². The van der Waals surface area contributed by atoms with Gasteiger partial charge >= 0.3 is 0 Å². The number of sulfonamides is 1. The van der Waals surface area contributed by atoms with Crippen molar-refractivity contribution in [2.45, 2.75) is 50.3 Å². The number of furan rings is 1. The Bertz CT molecular complexity index is 1170. The van der Waals surface area contributed by atoms with E-state index in [1.807, 2.05) is 6.92 Å². The van der Waals surface area contributed by atoms with Crippen molar-refractivity contribution in [1.82, 2.24) is 0 Å². The van der Waals surface area contributed by atoms with E-state index in [4.69, 9.17) is 16.0 Å². The molecule has 1 aromatic heterocycles. The summed E-state index contributed by atoms with van der Waals surface area (Å²) in [6.07, 6.45) is 4.64. The first-order chi connectivity index (χ1) is 13.9. The predicted octanol–water partition coefficient (Wildman–Crippen LogP) is 5.49. The number of amides is 1. The minimum atomic E-state index is -4.07. The molecule has 0 spiro atoms. The lowest BCUT2D eigenvalue weighted by Gasteiger charge is -2.23. The summed E-state index contributed by atoms with van der Waals surface area (Å²) in [5.41, 5.74) is 2.19. The standard InChI is InChI=1S/C22H22ClNO4S/c1-2-5-22(25)24(29(26,27)17-11-8-15(23)9-12-17)16-10-13-21-19(14-16)18-6-3-4-7-20(18)28-21/h8-14H,2-7H2,1H3. The van der Waals surface area contributed by atoms with Gasteiger partial charge in [-0.25, -0.2) is 12.7 Å². The first-order valence-corrected chi connectivity index (χ1v) is 11.6. The van der Waals surface area contributed by atoms with Crippen molar-refractivity contribution in [1.29, 1.82) is 0 Å². The Morgan fingerprint density at radius 3 is 2.55 bits per heavy atom. The number of hydrogen-bond acceptors (Lipinski definition) is 4. The summed E-state index contributed by atoms with van der Waals surface area (Å²) in [5.74, 6) is 0.509. The van der Waals surface area contributed by atoms with Crippen LogP contribution in [-0.2, 0) is 27.7 Å². The fraction of sp³-hybridized carbons (Fsp3) is 0.318. The number of halogens is 1. The highest BCUT2D eigenvalue weighted by Gasteiger charge is 2.31. The fourth-order valence-electron chi connectivity index (χ4n) is 3.82. The van der Waals surface area contributed by atoms with E-state index in [9.17, 15) is 13.2 Å². The summed E-state index contributed by atoms with van der Waals surface area (Å²) < 4.78 is 33.6. The first kappa shape index (κ1) is 20.0. The molecule has 7 heteroatoms. The number of carbonyl (C=O) groups is 1. The van der Waals surface area contributed by atoms with E-state index >= 15 is 0 Å². The highest BCUT2D eigenvalue weighted by Crippen LogP contribution is 2.35. The van der Waals surface area contributed by atoms with Gasteiger partial charge in [0, 0.05) is 28.8 Å². The van der Waals surface area contributed by atoms with Gasteiger partial charge in [0.05, 0.1) is 10.6 Å². The van der Waals surface area contributed by atoms with Gasteiger partial charge in [0.15, 0.2) is 0 Å². The molecule has 0 saturated heterocycles. The second kappa shape index (κ2) is 7.84. The highest BCUT2D eigenvalue weighted by atomic mass is 35.5. The van der Waals surface area contributed by atoms with Crippen LogP contribution in [0.2, 0.25) is 5.02 Å². The molecule has 0 unspecified atom stereocenters. The Hall–Kier alpha value is -2.31. The zero-order chi connectivity index (χ0) is 20.6. The molecule has 0 atom stereocenters. The maximum atomic E-state index is 13.4. The Labute approximate surface area is 175 Å². The van der Waals surface area contributed by atoms with E-state index in [1.54, 1.807) is 18.2 Å². The molecule has 0 radical (unpaired) electrons. The molecule has 0 fully saturated rings. The number of benzene rings is 2. The maximum Gasteiger partial charge on any atom is 0.270 e. The Morgan fingerprint density at radius 1 is 1.10 bits per heavy atom. The van der Waals surface area contributed by atoms with E-state index in [2.05, 4.69) is 0 Å². The third kappa shape index (κ3) is 3.67. The summed E-state index contributed by atoms with van der Waals surface area (Å²) >= 11 is 5.91. The largest absolute Gasteiger partial charge is 0.461 e. The Balaban J connectivity index is 1.85. The van der Waals surface area contributed by atoms with Gasteiger partial charge in [0.2, 0.25) is 5.91 Å². The van der Waals surface area contributed by atoms with Crippen LogP contribution in [0.3, 0.4) is 0 Å². The van der Waals surface area contributed by atoms with Crippen LogP contribution in [0, 0.1) is 0 Å². The van der Waals surface area contributed by atoms with Crippen molar-refractivity contribution in [3.8, 4) is 0 Å². The summed E-state index contributed by atoms with van der Waals surface area (Å²) in [7, 11) is -4.07. The summed E-state index contributed by atoms with van der Waals surface area (Å²) in [6, 6.07) is 11.0. The van der Waals surface area contributed by atoms with Crippen LogP contribution in [0.15, 0.2) is 51.8 Å². The summed E-state index contributed by atoms with van der Waals surface area (Å²) in [4.78, 5) is 12.9. The average molecular weight is 432 g/mol. The molecule has 3 aromatic rings. The van der Waals surface area contributed by atoms with Crippen molar-refractivity contribution in [2.24, 2.45) is 0 Å². The Morgan fingerprint density at radius 2 is 1.83 bits per heavy atom. The number of nitrogens with zero attached hydrogens (tertiary/aromatic N) is 1. The molecule has 1 aliphatic rings. The first-order valence-electron chi connectivity index (χ1n) is 9.80. The van der Waals surface area contributed by atoms with Gasteiger partial charge in [0.1, 0.15) is 11.3 Å². The van der Waals surface area contributed by atoms with Crippen molar-refractivity contribution in [3.63, 3.8) is 0 Å². The van der Waals surface area contributed by atoms with Gasteiger partial charge in [-0.3, -0.25) is 4.79 Å². The predicted molar refractivity (Wildman–Crippen MR) is 114 cm³/mol. The van der Waals surface area contributed by atoms with E-state index in [0.29, 0.717) is 17.1 Å². The van der Waals surface area contributed by atoms with Crippen molar-refractivity contribution in [2.75, 3.05) is 4.31 Å². The number of hydrogen-bond donors (Lipinski definition) is 0. The topological polar surface area (TPSA) is 67.6 Å². The molecule has 0 aliphatic heterocycles. The van der Waals surface area contributed by atoms with E-state index in [1.165, 1.54) is 24.3 Å². The quantitative estimate of drug-likeness (QED) is 0.535. The molecule has 1 aliphatic carbocycles. The minimum absolute atomic E-state index is 0.0284. The number of aryl methyl sites for hydroxylation is 2. The summed E-state index contributed by atoms with van der Waals surface area (Å²) in [5, 5.41) is 1.32. The van der Waals surface area contributed by atoms with E-state index in [0.717, 1.165) is 52.3 Å². The lowest BCUT2D eigenvalue weighted by Crippen LogP contribution is -2.36. The van der Waals surface area contributed by atoms with Crippen LogP contribution in [-0.4, -0.2) is 14.3 Å². The average Bonchev–Trinajstić information content (AvgIpc) is 3.06. The van der Waals surface area contributed by atoms with Crippen molar-refractivity contribution in [3.05, 3.63) is 58.8 Å². The van der Waals surface area contributed by atoms with Gasteiger partial charge < -0.3 is 4.42 Å². The van der Waals surface area contributed by atoms with Gasteiger partial charge in [-0.1, -0.05) is 18.5 Å². The fourth-order valence-corrected chi connectivity index (χ4v) is 5.39. The molecule has 1 heterocycles. The zero-order valence-corrected chi connectivity index (χ0v) is 17.7. The van der Waals surface area contributed by atoms with E-state index in [-0.39, 0.29) is 11.3 Å². The zero-order valence-electron chi connectivity index (χ0n) is 16.2. The van der Waals surface area contributed by atoms with Gasteiger partial charge in [0.25, 0.3) is 10.0 Å². The van der Waals surface area contributed by atoms with Crippen molar-refractivity contribution < 1.29 is 17.6 Å². The number of anilines is 1. The maximum absolute atomic E-state index is 13.4. The second-order valence-electron chi connectivity index (χ2n) is 7.26. The molecule has 0 saturated carbocycles. The minimum Gasteiger partial charge on any atom is -0.461 e. The smallest absolute Gasteiger partial charge is 0.270 e. The number of carbonyl (C=O) groups excluding carboxylic acids is 1. The Kier molecular flexibility index (Phi) is 5.40. The number of rotatable bonds is 5. The van der Waals surface area contributed by atoms with E-state index < -0.39 is 15.9 Å². The molecule has 5 nitrogen and oxygen atoms in total. The van der Waals surface area contributed by atoms with Crippen molar-refractivity contribution >= 4 is 44.2 Å². The lowest BCUT2D eigenvalue weighted by molar-refractivity contribution is -0.117. The normalized spacial score (nSPS) is 14.0. The summed E-state index contributed by atoms with van der Waals surface area (Å²) in [6.45, 7) is 1.85. The van der Waals surface area contributed by atoms with Crippen LogP contribution in [0.1, 0.15) is 43.9 Å². The third-order valence-electron chi connectivity index (χ3n) is 5.22. The molecular formula is C22H22ClNO4S. The van der Waals surface area contributed by atoms with Gasteiger partial charge in [-0.05, 0) is 68.1 Å². The van der Waals surface area contributed by atoms with Crippen LogP contribution >= 0.6 is 11.6 Å². The van der Waals surface area contributed by atoms with Crippen LogP contribution in [0.5, 0.6) is 0 Å². The number of fused-ring (bicyclic) bond motifs is 3. The molecule has 152 valence electrons. The molecule has 0 bridgehead atoms. The lowest BCUT2D eigenvalue weighted by atomic mass is 9.96. The molecular weight excluding hydrogens is 410 g/mol. The molecule has 4 rings (SSSR count). The molecule has 29 heavy (non-hydrogen) atoms.